The molecule has 0 aromatic rings. The van der Waals surface area contributed by atoms with Crippen LogP contribution in [0.1, 0.15) is 74.7 Å². The van der Waals surface area contributed by atoms with Crippen LogP contribution in [0.5, 0.6) is 0 Å². The molecule has 0 atom stereocenters. The fraction of sp³-hybridized carbons (Fsp3) is 0.842. The Labute approximate surface area is 153 Å². The lowest BCUT2D eigenvalue weighted by molar-refractivity contribution is -0.153. The summed E-state index contributed by atoms with van der Waals surface area (Å²) in [6.07, 6.45) is 2.50. The van der Waals surface area contributed by atoms with Gasteiger partial charge in [-0.1, -0.05) is 20.3 Å². The molecule has 0 N–H and O–H groups in total. The molecule has 0 fully saturated rings. The van der Waals surface area contributed by atoms with Gasteiger partial charge in [0.05, 0.1) is 31.7 Å². The number of hydrogen-bond acceptors (Lipinski definition) is 6. The van der Waals surface area contributed by atoms with Crippen molar-refractivity contribution in [3.8, 4) is 0 Å². The molecule has 0 amide bonds. The maximum absolute atomic E-state index is 11.1. The molecule has 0 aromatic carbocycles. The molecule has 0 aliphatic rings. The number of carbonyl (C=O) groups is 3. The molecule has 6 nitrogen and oxygen atoms in total. The van der Waals surface area contributed by atoms with E-state index in [1.165, 1.54) is 14.2 Å². The number of hydrogen-bond donors (Lipinski definition) is 0. The van der Waals surface area contributed by atoms with E-state index in [-0.39, 0.29) is 28.7 Å². The number of ether oxygens (including phenoxy) is 3. The van der Waals surface area contributed by atoms with Crippen molar-refractivity contribution in [1.82, 2.24) is 0 Å². The molecular weight excluding hydrogens is 324 g/mol. The Morgan fingerprint density at radius 3 is 1.36 bits per heavy atom. The van der Waals surface area contributed by atoms with E-state index >= 15 is 0 Å². The van der Waals surface area contributed by atoms with E-state index in [0.717, 1.165) is 12.8 Å². The molecule has 0 bridgehead atoms. The molecule has 0 saturated heterocycles. The van der Waals surface area contributed by atoms with Crippen LogP contribution < -0.4 is 0 Å². The Kier molecular flexibility index (Phi) is 16.6. The van der Waals surface area contributed by atoms with Crippen molar-refractivity contribution in [3.05, 3.63) is 0 Å². The van der Waals surface area contributed by atoms with Crippen LogP contribution in [0.15, 0.2) is 0 Å². The average molecular weight is 363 g/mol. The van der Waals surface area contributed by atoms with Gasteiger partial charge in [0.2, 0.25) is 0 Å². The maximum Gasteiger partial charge on any atom is 0.311 e. The minimum absolute atomic E-state index is 0.106. The second kappa shape index (κ2) is 14.7. The van der Waals surface area contributed by atoms with Crippen molar-refractivity contribution >= 4 is 17.9 Å². The fourth-order valence-electron chi connectivity index (χ4n) is 0.976. The van der Waals surface area contributed by atoms with Crippen LogP contribution in [0.25, 0.3) is 0 Å². The molecule has 0 radical (unpaired) electrons. The van der Waals surface area contributed by atoms with E-state index in [2.05, 4.69) is 16.4 Å². The van der Waals surface area contributed by atoms with Crippen LogP contribution in [0.2, 0.25) is 0 Å². The Morgan fingerprint density at radius 2 is 1.20 bits per heavy atom. The minimum Gasteiger partial charge on any atom is -0.469 e. The molecule has 0 unspecified atom stereocenters. The highest BCUT2D eigenvalue weighted by atomic mass is 16.5. The molecule has 0 heterocycles. The predicted molar refractivity (Wildman–Crippen MR) is 99.1 cm³/mol. The summed E-state index contributed by atoms with van der Waals surface area (Å²) in [5, 5.41) is 0. The van der Waals surface area contributed by atoms with Crippen molar-refractivity contribution < 1.29 is 28.6 Å². The van der Waals surface area contributed by atoms with Gasteiger partial charge in [-0.3, -0.25) is 14.4 Å². The van der Waals surface area contributed by atoms with E-state index in [9.17, 15) is 14.4 Å². The fourth-order valence-corrected chi connectivity index (χ4v) is 0.976. The maximum atomic E-state index is 11.1. The zero-order valence-corrected chi connectivity index (χ0v) is 17.8. The third kappa shape index (κ3) is 20.4. The van der Waals surface area contributed by atoms with Gasteiger partial charge >= 0.3 is 17.9 Å². The topological polar surface area (TPSA) is 78.9 Å². The monoisotopic (exact) mass is 362 g/mol. The van der Waals surface area contributed by atoms with Crippen molar-refractivity contribution in [2.24, 2.45) is 10.8 Å². The van der Waals surface area contributed by atoms with E-state index in [1.54, 1.807) is 6.92 Å². The first-order valence-electron chi connectivity index (χ1n) is 8.60. The first kappa shape index (κ1) is 28.2. The number of methoxy groups -OCH3 is 2. The van der Waals surface area contributed by atoms with Crippen LogP contribution >= 0.6 is 0 Å². The van der Waals surface area contributed by atoms with Crippen LogP contribution in [0, 0.1) is 10.8 Å². The van der Waals surface area contributed by atoms with Crippen LogP contribution in [-0.2, 0) is 28.6 Å². The van der Waals surface area contributed by atoms with Crippen LogP contribution in [0.3, 0.4) is 0 Å². The molecule has 0 aliphatic heterocycles. The summed E-state index contributed by atoms with van der Waals surface area (Å²) in [5.41, 5.74) is -0.706. The Balaban J connectivity index is -0.000000306. The number of unbranched alkanes of at least 4 members (excludes halogenated alkanes) is 1. The van der Waals surface area contributed by atoms with Gasteiger partial charge in [0.25, 0.3) is 0 Å². The lowest BCUT2D eigenvalue weighted by atomic mass is 9.97. The molecule has 0 spiro atoms. The van der Waals surface area contributed by atoms with Crippen LogP contribution in [0.4, 0.5) is 0 Å². The SMILES string of the molecule is CCC(=O)OC.CCCCOC(=O)C(C)(C)C.COC(=O)C(C)(C)C. The van der Waals surface area contributed by atoms with Crippen molar-refractivity contribution in [2.45, 2.75) is 74.7 Å². The van der Waals surface area contributed by atoms with E-state index in [0.29, 0.717) is 13.0 Å². The van der Waals surface area contributed by atoms with Gasteiger partial charge in [-0.2, -0.15) is 0 Å². The van der Waals surface area contributed by atoms with Gasteiger partial charge in [-0.05, 0) is 48.0 Å². The molecule has 6 heteroatoms. The summed E-state index contributed by atoms with van der Waals surface area (Å²) in [5.74, 6) is -0.432. The molecule has 0 aliphatic carbocycles. The molecule has 150 valence electrons. The van der Waals surface area contributed by atoms with Crippen molar-refractivity contribution in [3.63, 3.8) is 0 Å². The number of rotatable bonds is 4. The Hall–Kier alpha value is -1.59. The summed E-state index contributed by atoms with van der Waals surface area (Å²) in [4.78, 5) is 31.7. The summed E-state index contributed by atoms with van der Waals surface area (Å²) in [7, 11) is 2.78. The smallest absolute Gasteiger partial charge is 0.311 e. The van der Waals surface area contributed by atoms with Crippen molar-refractivity contribution in [2.75, 3.05) is 20.8 Å². The molecule has 0 saturated carbocycles. The largest absolute Gasteiger partial charge is 0.469 e. The summed E-state index contributed by atoms with van der Waals surface area (Å²) >= 11 is 0. The average Bonchev–Trinajstić information content (AvgIpc) is 2.52. The molecule has 0 rings (SSSR count). The highest BCUT2D eigenvalue weighted by Crippen LogP contribution is 2.15. The quantitative estimate of drug-likeness (QED) is 0.425. The first-order chi connectivity index (χ1) is 11.3. The van der Waals surface area contributed by atoms with E-state index in [4.69, 9.17) is 4.74 Å². The zero-order chi connectivity index (χ0) is 20.7. The normalized spacial score (nSPS) is 10.3. The van der Waals surface area contributed by atoms with Gasteiger partial charge in [-0.25, -0.2) is 0 Å². The second-order valence-electron chi connectivity index (χ2n) is 7.41. The Morgan fingerprint density at radius 1 is 0.760 bits per heavy atom. The van der Waals surface area contributed by atoms with E-state index < -0.39 is 0 Å². The minimum atomic E-state index is -0.353. The summed E-state index contributed by atoms with van der Waals surface area (Å²) in [6.45, 7) is 15.4. The lowest BCUT2D eigenvalue weighted by Crippen LogP contribution is -2.23. The van der Waals surface area contributed by atoms with Gasteiger partial charge < -0.3 is 14.2 Å². The highest BCUT2D eigenvalue weighted by Gasteiger charge is 2.22. The third-order valence-electron chi connectivity index (χ3n) is 2.66. The second-order valence-corrected chi connectivity index (χ2v) is 7.41. The standard InChI is InChI=1S/C9H18O2.C6H12O2.C4H8O2/c1-5-6-7-11-8(10)9(2,3)4;1-6(2,3)5(7)8-4;1-3-4(5)6-2/h5-7H2,1-4H3;1-4H3;3H2,1-2H3. The molecule has 25 heavy (non-hydrogen) atoms. The summed E-state index contributed by atoms with van der Waals surface area (Å²) in [6, 6.07) is 0. The van der Waals surface area contributed by atoms with Gasteiger partial charge in [0.1, 0.15) is 0 Å². The number of esters is 3. The zero-order valence-electron chi connectivity index (χ0n) is 17.8. The van der Waals surface area contributed by atoms with E-state index in [1.807, 2.05) is 41.5 Å². The van der Waals surface area contributed by atoms with Gasteiger partial charge in [-0.15, -0.1) is 0 Å². The lowest BCUT2D eigenvalue weighted by Gasteiger charge is -2.15. The Bertz CT molecular complexity index is 368. The van der Waals surface area contributed by atoms with Gasteiger partial charge in [0.15, 0.2) is 0 Å². The summed E-state index contributed by atoms with van der Waals surface area (Å²) < 4.78 is 13.7. The number of carbonyl (C=O) groups excluding carboxylic acids is 3. The van der Waals surface area contributed by atoms with Crippen LogP contribution in [-0.4, -0.2) is 38.7 Å². The predicted octanol–water partition coefficient (Wildman–Crippen LogP) is 4.15. The van der Waals surface area contributed by atoms with Gasteiger partial charge in [0, 0.05) is 6.42 Å². The molecule has 0 aromatic heterocycles. The third-order valence-corrected chi connectivity index (χ3v) is 2.66. The van der Waals surface area contributed by atoms with Crippen molar-refractivity contribution in [1.29, 1.82) is 0 Å². The first-order valence-corrected chi connectivity index (χ1v) is 8.60. The highest BCUT2D eigenvalue weighted by molar-refractivity contribution is 5.75. The molecular formula is C19H38O6.